The van der Waals surface area contributed by atoms with Crippen LogP contribution in [0.3, 0.4) is 0 Å². The molecule has 0 bridgehead atoms. The Morgan fingerprint density at radius 3 is 2.18 bits per heavy atom. The van der Waals surface area contributed by atoms with Gasteiger partial charge < -0.3 is 0 Å². The molecular weight excluding hydrogens is 221 g/mol. The van der Waals surface area contributed by atoms with Crippen molar-refractivity contribution in [1.82, 2.24) is 5.32 Å². The van der Waals surface area contributed by atoms with Crippen LogP contribution in [-0.2, 0) is 16.0 Å². The molecule has 1 aromatic carbocycles. The van der Waals surface area contributed by atoms with Crippen LogP contribution in [0, 0.1) is 11.2 Å². The molecule has 92 valence electrons. The molecule has 0 aromatic heterocycles. The number of amides is 2. The van der Waals surface area contributed by atoms with Gasteiger partial charge in [-0.2, -0.15) is 0 Å². The highest BCUT2D eigenvalue weighted by Crippen LogP contribution is 2.12. The first-order valence-corrected chi connectivity index (χ1v) is 5.38. The number of hydrogen-bond acceptors (Lipinski definition) is 2. The lowest BCUT2D eigenvalue weighted by Gasteiger charge is -2.16. The Morgan fingerprint density at radius 1 is 1.18 bits per heavy atom. The van der Waals surface area contributed by atoms with E-state index < -0.39 is 5.41 Å². The molecule has 0 spiro atoms. The number of nitrogens with one attached hydrogen (secondary N) is 1. The van der Waals surface area contributed by atoms with Crippen molar-refractivity contribution in [3.05, 3.63) is 35.6 Å². The van der Waals surface area contributed by atoms with Crippen LogP contribution < -0.4 is 5.32 Å². The first-order valence-electron chi connectivity index (χ1n) is 5.38. The minimum atomic E-state index is -0.599. The number of halogens is 1. The smallest absolute Gasteiger partial charge is 0.231 e. The second-order valence-electron chi connectivity index (χ2n) is 4.93. The number of hydrogen-bond donors (Lipinski definition) is 1. The molecule has 2 amide bonds. The van der Waals surface area contributed by atoms with Gasteiger partial charge in [-0.15, -0.1) is 0 Å². The van der Waals surface area contributed by atoms with Gasteiger partial charge in [0.2, 0.25) is 11.8 Å². The summed E-state index contributed by atoms with van der Waals surface area (Å²) in [6.07, 6.45) is 0.0715. The zero-order valence-electron chi connectivity index (χ0n) is 10.2. The topological polar surface area (TPSA) is 46.2 Å². The minimum Gasteiger partial charge on any atom is -0.296 e. The summed E-state index contributed by atoms with van der Waals surface area (Å²) in [5.41, 5.74) is 0.0731. The Morgan fingerprint density at radius 2 is 1.71 bits per heavy atom. The zero-order chi connectivity index (χ0) is 13.1. The van der Waals surface area contributed by atoms with Crippen molar-refractivity contribution in [2.24, 2.45) is 5.41 Å². The van der Waals surface area contributed by atoms with Crippen LogP contribution >= 0.6 is 0 Å². The van der Waals surface area contributed by atoms with Crippen molar-refractivity contribution >= 4 is 11.8 Å². The second kappa shape index (κ2) is 5.08. The number of benzene rings is 1. The Bertz CT molecular complexity index is 418. The van der Waals surface area contributed by atoms with Crippen molar-refractivity contribution < 1.29 is 14.0 Å². The van der Waals surface area contributed by atoms with Gasteiger partial charge in [-0.25, -0.2) is 4.39 Å². The lowest BCUT2D eigenvalue weighted by atomic mass is 9.95. The van der Waals surface area contributed by atoms with E-state index in [0.717, 1.165) is 0 Å². The third kappa shape index (κ3) is 4.34. The average Bonchev–Trinajstić information content (AvgIpc) is 2.20. The normalized spacial score (nSPS) is 11.1. The van der Waals surface area contributed by atoms with E-state index in [9.17, 15) is 14.0 Å². The number of carbonyl (C=O) groups excluding carboxylic acids is 2. The molecule has 3 nitrogen and oxygen atoms in total. The number of rotatable bonds is 2. The summed E-state index contributed by atoms with van der Waals surface area (Å²) in [4.78, 5) is 23.1. The maximum atomic E-state index is 12.6. The highest BCUT2D eigenvalue weighted by atomic mass is 19.1. The summed E-state index contributed by atoms with van der Waals surface area (Å²) in [6.45, 7) is 5.19. The zero-order valence-corrected chi connectivity index (χ0v) is 10.2. The molecule has 1 N–H and O–H groups in total. The molecule has 17 heavy (non-hydrogen) atoms. The van der Waals surface area contributed by atoms with Crippen LogP contribution in [0.1, 0.15) is 26.3 Å². The van der Waals surface area contributed by atoms with E-state index in [4.69, 9.17) is 0 Å². The van der Waals surface area contributed by atoms with Crippen LogP contribution in [0.15, 0.2) is 24.3 Å². The largest absolute Gasteiger partial charge is 0.296 e. The predicted octanol–water partition coefficient (Wildman–Crippen LogP) is 2.06. The SMILES string of the molecule is CC(C)(C)C(=O)NC(=O)Cc1ccc(F)cc1. The van der Waals surface area contributed by atoms with E-state index in [1.54, 1.807) is 20.8 Å². The molecule has 0 saturated heterocycles. The van der Waals surface area contributed by atoms with E-state index in [0.29, 0.717) is 5.56 Å². The van der Waals surface area contributed by atoms with Crippen LogP contribution in [0.25, 0.3) is 0 Å². The molecule has 0 aliphatic heterocycles. The standard InChI is InChI=1S/C13H16FNO2/c1-13(2,3)12(17)15-11(16)8-9-4-6-10(14)7-5-9/h4-7H,8H2,1-3H3,(H,15,16,17). The first-order chi connectivity index (χ1) is 7.79. The molecule has 1 aromatic rings. The Labute approximate surface area is 100 Å². The maximum absolute atomic E-state index is 12.6. The Hall–Kier alpha value is -1.71. The molecule has 1 rings (SSSR count). The van der Waals surface area contributed by atoms with E-state index in [-0.39, 0.29) is 24.1 Å². The van der Waals surface area contributed by atoms with Gasteiger partial charge in [-0.1, -0.05) is 32.9 Å². The Balaban J connectivity index is 2.56. The van der Waals surface area contributed by atoms with Gasteiger partial charge in [0.15, 0.2) is 0 Å². The first kappa shape index (κ1) is 13.4. The van der Waals surface area contributed by atoms with Gasteiger partial charge in [0.05, 0.1) is 6.42 Å². The quantitative estimate of drug-likeness (QED) is 0.855. The van der Waals surface area contributed by atoms with Gasteiger partial charge >= 0.3 is 0 Å². The van der Waals surface area contributed by atoms with Crippen LogP contribution in [-0.4, -0.2) is 11.8 Å². The summed E-state index contributed by atoms with van der Waals surface area (Å²) < 4.78 is 12.6. The Kier molecular flexibility index (Phi) is 3.99. The van der Waals surface area contributed by atoms with Crippen LogP contribution in [0.2, 0.25) is 0 Å². The van der Waals surface area contributed by atoms with Crippen molar-refractivity contribution in [1.29, 1.82) is 0 Å². The van der Waals surface area contributed by atoms with Gasteiger partial charge in [-0.05, 0) is 17.7 Å². The van der Waals surface area contributed by atoms with Crippen molar-refractivity contribution in [2.75, 3.05) is 0 Å². The van der Waals surface area contributed by atoms with E-state index in [2.05, 4.69) is 5.32 Å². The van der Waals surface area contributed by atoms with Crippen LogP contribution in [0.4, 0.5) is 4.39 Å². The molecule has 0 aliphatic rings. The van der Waals surface area contributed by atoms with Crippen LogP contribution in [0.5, 0.6) is 0 Å². The molecule has 0 heterocycles. The molecule has 0 atom stereocenters. The summed E-state index contributed by atoms with van der Waals surface area (Å²) in [6, 6.07) is 5.62. The molecular formula is C13H16FNO2. The number of imide groups is 1. The minimum absolute atomic E-state index is 0.0715. The predicted molar refractivity (Wildman–Crippen MR) is 62.7 cm³/mol. The molecule has 0 aliphatic carbocycles. The fourth-order valence-corrected chi connectivity index (χ4v) is 1.15. The molecule has 0 radical (unpaired) electrons. The van der Waals surface area contributed by atoms with E-state index in [1.807, 2.05) is 0 Å². The summed E-state index contributed by atoms with van der Waals surface area (Å²) in [7, 11) is 0. The monoisotopic (exact) mass is 237 g/mol. The second-order valence-corrected chi connectivity index (χ2v) is 4.93. The van der Waals surface area contributed by atoms with Crippen molar-refractivity contribution in [3.63, 3.8) is 0 Å². The summed E-state index contributed by atoms with van der Waals surface area (Å²) in [5, 5.41) is 2.31. The third-order valence-electron chi connectivity index (χ3n) is 2.21. The van der Waals surface area contributed by atoms with E-state index >= 15 is 0 Å². The van der Waals surface area contributed by atoms with E-state index in [1.165, 1.54) is 24.3 Å². The maximum Gasteiger partial charge on any atom is 0.231 e. The fraction of sp³-hybridized carbons (Fsp3) is 0.385. The highest BCUT2D eigenvalue weighted by molar-refractivity contribution is 5.98. The fourth-order valence-electron chi connectivity index (χ4n) is 1.15. The number of carbonyl (C=O) groups is 2. The van der Waals surface area contributed by atoms with Gasteiger partial charge in [0, 0.05) is 5.41 Å². The summed E-state index contributed by atoms with van der Waals surface area (Å²) >= 11 is 0. The van der Waals surface area contributed by atoms with Gasteiger partial charge in [0.1, 0.15) is 5.82 Å². The highest BCUT2D eigenvalue weighted by Gasteiger charge is 2.22. The van der Waals surface area contributed by atoms with Gasteiger partial charge in [-0.3, -0.25) is 14.9 Å². The lowest BCUT2D eigenvalue weighted by Crippen LogP contribution is -2.39. The van der Waals surface area contributed by atoms with Gasteiger partial charge in [0.25, 0.3) is 0 Å². The van der Waals surface area contributed by atoms with Crippen molar-refractivity contribution in [2.45, 2.75) is 27.2 Å². The molecule has 0 unspecified atom stereocenters. The average molecular weight is 237 g/mol. The summed E-state index contributed by atoms with van der Waals surface area (Å²) in [5.74, 6) is -1.04. The van der Waals surface area contributed by atoms with Crippen molar-refractivity contribution in [3.8, 4) is 0 Å². The third-order valence-corrected chi connectivity index (χ3v) is 2.21. The molecule has 4 heteroatoms. The molecule has 0 fully saturated rings. The molecule has 0 saturated carbocycles. The lowest BCUT2D eigenvalue weighted by molar-refractivity contribution is -0.134.